The Balaban J connectivity index is 2.25. The summed E-state index contributed by atoms with van der Waals surface area (Å²) in [5, 5.41) is 8.69. The lowest BCUT2D eigenvalue weighted by Crippen LogP contribution is -2.29. The van der Waals surface area contributed by atoms with Crippen LogP contribution in [-0.4, -0.2) is 36.5 Å². The number of rotatable bonds is 4. The zero-order valence-electron chi connectivity index (χ0n) is 12.9. The van der Waals surface area contributed by atoms with Crippen molar-refractivity contribution in [1.29, 1.82) is 5.26 Å². The molecule has 22 heavy (non-hydrogen) atoms. The molecule has 5 heteroatoms. The third-order valence-electron chi connectivity index (χ3n) is 3.96. The van der Waals surface area contributed by atoms with Gasteiger partial charge in [-0.25, -0.2) is 0 Å². The first-order chi connectivity index (χ1) is 10.6. The molecule has 5 nitrogen and oxygen atoms in total. The van der Waals surface area contributed by atoms with Crippen LogP contribution in [0.25, 0.3) is 0 Å². The molecule has 0 aromatic heterocycles. The van der Waals surface area contributed by atoms with Crippen molar-refractivity contribution in [3.8, 4) is 6.07 Å². The van der Waals surface area contributed by atoms with Gasteiger partial charge in [0.1, 0.15) is 6.42 Å². The maximum absolute atomic E-state index is 12.2. The Hall–Kier alpha value is -2.35. The summed E-state index contributed by atoms with van der Waals surface area (Å²) in [6.07, 6.45) is -0.157. The van der Waals surface area contributed by atoms with Gasteiger partial charge in [-0.2, -0.15) is 5.26 Å². The van der Waals surface area contributed by atoms with Crippen LogP contribution in [0.1, 0.15) is 30.4 Å². The summed E-state index contributed by atoms with van der Waals surface area (Å²) in [5.74, 6) is -0.959. The lowest BCUT2D eigenvalue weighted by atomic mass is 9.88. The average Bonchev–Trinajstić information content (AvgIpc) is 2.93. The second-order valence-corrected chi connectivity index (χ2v) is 5.51. The minimum absolute atomic E-state index is 0.0819. The number of nitriles is 1. The number of hydrogen-bond donors (Lipinski definition) is 0. The van der Waals surface area contributed by atoms with Crippen molar-refractivity contribution in [3.05, 3.63) is 35.4 Å². The fourth-order valence-electron chi connectivity index (χ4n) is 2.91. The maximum Gasteiger partial charge on any atom is 0.311 e. The predicted octanol–water partition coefficient (Wildman–Crippen LogP) is 2.01. The molecule has 1 heterocycles. The van der Waals surface area contributed by atoms with Crippen molar-refractivity contribution < 1.29 is 14.3 Å². The molecule has 0 aliphatic carbocycles. The summed E-state index contributed by atoms with van der Waals surface area (Å²) in [4.78, 5) is 25.8. The van der Waals surface area contributed by atoms with Crippen molar-refractivity contribution in [3.63, 3.8) is 0 Å². The van der Waals surface area contributed by atoms with E-state index in [1.807, 2.05) is 37.3 Å². The topological polar surface area (TPSA) is 70.4 Å². The van der Waals surface area contributed by atoms with Gasteiger partial charge in [0.15, 0.2) is 0 Å². The molecule has 2 rings (SSSR count). The fraction of sp³-hybridized carbons (Fsp3) is 0.471. The fourth-order valence-corrected chi connectivity index (χ4v) is 2.91. The molecule has 0 bridgehead atoms. The van der Waals surface area contributed by atoms with Gasteiger partial charge < -0.3 is 9.64 Å². The highest BCUT2D eigenvalue weighted by Crippen LogP contribution is 2.34. The first-order valence-corrected chi connectivity index (χ1v) is 7.44. The van der Waals surface area contributed by atoms with E-state index < -0.39 is 0 Å². The molecule has 0 radical (unpaired) electrons. The second-order valence-electron chi connectivity index (χ2n) is 5.51. The first-order valence-electron chi connectivity index (χ1n) is 7.44. The van der Waals surface area contributed by atoms with Gasteiger partial charge in [-0.05, 0) is 19.4 Å². The molecule has 1 saturated heterocycles. The molecule has 2 unspecified atom stereocenters. The molecule has 1 fully saturated rings. The molecule has 1 aliphatic heterocycles. The summed E-state index contributed by atoms with van der Waals surface area (Å²) in [5.41, 5.74) is 2.15. The van der Waals surface area contributed by atoms with Gasteiger partial charge in [-0.3, -0.25) is 9.59 Å². The maximum atomic E-state index is 12.2. The molecule has 2 atom stereocenters. The van der Waals surface area contributed by atoms with Crippen LogP contribution in [0.3, 0.4) is 0 Å². The third-order valence-corrected chi connectivity index (χ3v) is 3.96. The lowest BCUT2D eigenvalue weighted by molar-refractivity contribution is -0.148. The number of esters is 1. The number of carbonyl (C=O) groups is 2. The minimum atomic E-state index is -0.371. The Morgan fingerprint density at radius 3 is 2.82 bits per heavy atom. The van der Waals surface area contributed by atoms with Crippen LogP contribution in [0, 0.1) is 24.2 Å². The zero-order valence-corrected chi connectivity index (χ0v) is 12.9. The van der Waals surface area contributed by atoms with Crippen molar-refractivity contribution >= 4 is 11.9 Å². The highest BCUT2D eigenvalue weighted by atomic mass is 16.5. The Morgan fingerprint density at radius 2 is 2.18 bits per heavy atom. The highest BCUT2D eigenvalue weighted by molar-refractivity contribution is 5.81. The smallest absolute Gasteiger partial charge is 0.311 e. The third kappa shape index (κ3) is 3.45. The molecule has 0 saturated carbocycles. The van der Waals surface area contributed by atoms with E-state index in [9.17, 15) is 9.59 Å². The van der Waals surface area contributed by atoms with Crippen LogP contribution >= 0.6 is 0 Å². The van der Waals surface area contributed by atoms with Crippen LogP contribution in [-0.2, 0) is 14.3 Å². The van der Waals surface area contributed by atoms with Crippen molar-refractivity contribution in [2.24, 2.45) is 5.92 Å². The van der Waals surface area contributed by atoms with Crippen LogP contribution in [0.5, 0.6) is 0 Å². The van der Waals surface area contributed by atoms with Crippen molar-refractivity contribution in [2.45, 2.75) is 26.2 Å². The largest absolute Gasteiger partial charge is 0.466 e. The van der Waals surface area contributed by atoms with Crippen molar-refractivity contribution in [1.82, 2.24) is 4.90 Å². The van der Waals surface area contributed by atoms with Crippen LogP contribution < -0.4 is 0 Å². The monoisotopic (exact) mass is 300 g/mol. The number of hydrogen-bond acceptors (Lipinski definition) is 4. The molecule has 1 aromatic carbocycles. The summed E-state index contributed by atoms with van der Waals surface area (Å²) in [6, 6.07) is 9.83. The number of benzene rings is 1. The Bertz CT molecular complexity index is 606. The summed E-state index contributed by atoms with van der Waals surface area (Å²) < 4.78 is 5.15. The summed E-state index contributed by atoms with van der Waals surface area (Å²) in [6.45, 7) is 4.86. The number of carbonyl (C=O) groups excluding carboxylic acids is 2. The van der Waals surface area contributed by atoms with E-state index in [0.29, 0.717) is 19.7 Å². The van der Waals surface area contributed by atoms with Crippen LogP contribution in [0.2, 0.25) is 0 Å². The molecule has 1 aromatic rings. The van der Waals surface area contributed by atoms with Crippen LogP contribution in [0.15, 0.2) is 24.3 Å². The predicted molar refractivity (Wildman–Crippen MR) is 80.9 cm³/mol. The number of likely N-dealkylation sites (tertiary alicyclic amines) is 1. The Morgan fingerprint density at radius 1 is 1.41 bits per heavy atom. The van der Waals surface area contributed by atoms with Gasteiger partial charge in [-0.15, -0.1) is 0 Å². The number of amides is 1. The first kappa shape index (κ1) is 16.0. The van der Waals surface area contributed by atoms with Gasteiger partial charge in [0.2, 0.25) is 5.91 Å². The minimum Gasteiger partial charge on any atom is -0.466 e. The number of nitrogens with zero attached hydrogens (tertiary/aromatic N) is 2. The van der Waals surface area contributed by atoms with Gasteiger partial charge in [0.25, 0.3) is 0 Å². The van der Waals surface area contributed by atoms with E-state index in [4.69, 9.17) is 10.00 Å². The quantitative estimate of drug-likeness (QED) is 0.798. The Labute approximate surface area is 130 Å². The van der Waals surface area contributed by atoms with Gasteiger partial charge in [0.05, 0.1) is 18.6 Å². The van der Waals surface area contributed by atoms with E-state index in [2.05, 4.69) is 0 Å². The average molecular weight is 300 g/mol. The molecule has 0 N–H and O–H groups in total. The molecule has 0 spiro atoms. The number of ether oxygens (including phenoxy) is 1. The SMILES string of the molecule is CCOC(=O)C1CN(C(=O)CC#N)CC1c1cccc(C)c1. The van der Waals surface area contributed by atoms with Gasteiger partial charge in [0, 0.05) is 19.0 Å². The van der Waals surface area contributed by atoms with Crippen molar-refractivity contribution in [2.75, 3.05) is 19.7 Å². The van der Waals surface area contributed by atoms with E-state index in [0.717, 1.165) is 11.1 Å². The van der Waals surface area contributed by atoms with E-state index in [-0.39, 0.29) is 30.1 Å². The van der Waals surface area contributed by atoms with Gasteiger partial charge in [-0.1, -0.05) is 29.8 Å². The normalized spacial score (nSPS) is 20.5. The summed E-state index contributed by atoms with van der Waals surface area (Å²) >= 11 is 0. The summed E-state index contributed by atoms with van der Waals surface area (Å²) in [7, 11) is 0. The molecule has 116 valence electrons. The van der Waals surface area contributed by atoms with Crippen LogP contribution in [0.4, 0.5) is 0 Å². The van der Waals surface area contributed by atoms with E-state index in [1.165, 1.54) is 0 Å². The van der Waals surface area contributed by atoms with E-state index in [1.54, 1.807) is 11.8 Å². The molecule has 1 aliphatic rings. The second kappa shape index (κ2) is 7.08. The van der Waals surface area contributed by atoms with E-state index >= 15 is 0 Å². The lowest BCUT2D eigenvalue weighted by Gasteiger charge is -2.17. The Kier molecular flexibility index (Phi) is 5.16. The standard InChI is InChI=1S/C17H20N2O3/c1-3-22-17(21)15-11-19(16(20)7-8-18)10-14(15)13-6-4-5-12(2)9-13/h4-6,9,14-15H,3,7,10-11H2,1-2H3. The highest BCUT2D eigenvalue weighted by Gasteiger charge is 2.41. The number of aryl methyl sites for hydroxylation is 1. The molecular formula is C17H20N2O3. The zero-order chi connectivity index (χ0) is 16.1. The molecular weight excluding hydrogens is 280 g/mol. The van der Waals surface area contributed by atoms with Gasteiger partial charge >= 0.3 is 5.97 Å². The molecule has 1 amide bonds.